The standard InChI is InChI=1S/C34H40N2O7/c1-5-7-16-34(6-2,22-42-32(39)27(19-35)17-25-8-12-29(37)13-9-25)23-43-33(40)28(20-36)18-26-10-14-30(15-11-26)41-21-31(38)24(3)4/h8-15,17-18,24,31,37-38H,5-7,16,21-23H2,1-4H3/b27-17+,28-18+. The van der Waals surface area contributed by atoms with Crippen LogP contribution in [0.15, 0.2) is 59.7 Å². The van der Waals surface area contributed by atoms with Gasteiger partial charge in [-0.15, -0.1) is 0 Å². The van der Waals surface area contributed by atoms with Gasteiger partial charge >= 0.3 is 11.9 Å². The van der Waals surface area contributed by atoms with Crippen LogP contribution in [0.4, 0.5) is 0 Å². The lowest BCUT2D eigenvalue weighted by Gasteiger charge is -2.31. The predicted octanol–water partition coefficient (Wildman–Crippen LogP) is 5.98. The number of aliphatic hydroxyl groups is 1. The topological polar surface area (TPSA) is 150 Å². The van der Waals surface area contributed by atoms with Crippen molar-refractivity contribution in [3.63, 3.8) is 0 Å². The molecule has 0 heterocycles. The first kappa shape index (κ1) is 34.6. The summed E-state index contributed by atoms with van der Waals surface area (Å²) in [7, 11) is 0. The van der Waals surface area contributed by atoms with Gasteiger partial charge in [0, 0.05) is 5.41 Å². The molecule has 2 rings (SSSR count). The molecule has 0 aromatic heterocycles. The largest absolute Gasteiger partial charge is 0.508 e. The fraction of sp³-hybridized carbons (Fsp3) is 0.412. The van der Waals surface area contributed by atoms with Crippen molar-refractivity contribution in [1.29, 1.82) is 10.5 Å². The molecule has 9 heteroatoms. The zero-order chi connectivity index (χ0) is 31.8. The number of unbranched alkanes of at least 4 members (excludes halogenated alkanes) is 1. The van der Waals surface area contributed by atoms with Crippen molar-refractivity contribution < 1.29 is 34.0 Å². The summed E-state index contributed by atoms with van der Waals surface area (Å²) in [5.74, 6) is -0.926. The third kappa shape index (κ3) is 11.3. The van der Waals surface area contributed by atoms with Crippen molar-refractivity contribution in [2.24, 2.45) is 11.3 Å². The molecule has 9 nitrogen and oxygen atoms in total. The van der Waals surface area contributed by atoms with E-state index in [2.05, 4.69) is 0 Å². The molecule has 0 bridgehead atoms. The number of hydrogen-bond donors (Lipinski definition) is 2. The Balaban J connectivity index is 2.10. The summed E-state index contributed by atoms with van der Waals surface area (Å²) >= 11 is 0. The molecule has 0 amide bonds. The summed E-state index contributed by atoms with van der Waals surface area (Å²) in [4.78, 5) is 25.7. The maximum atomic E-state index is 12.9. The van der Waals surface area contributed by atoms with Crippen LogP contribution in [-0.4, -0.2) is 48.1 Å². The van der Waals surface area contributed by atoms with E-state index in [1.165, 1.54) is 24.3 Å². The molecule has 2 atom stereocenters. The van der Waals surface area contributed by atoms with Crippen molar-refractivity contribution in [1.82, 2.24) is 0 Å². The van der Waals surface area contributed by atoms with E-state index in [1.807, 2.05) is 39.8 Å². The van der Waals surface area contributed by atoms with Crippen molar-refractivity contribution in [2.75, 3.05) is 19.8 Å². The van der Waals surface area contributed by atoms with E-state index in [-0.39, 0.29) is 42.6 Å². The van der Waals surface area contributed by atoms with Crippen LogP contribution in [0.1, 0.15) is 64.5 Å². The number of rotatable bonds is 16. The van der Waals surface area contributed by atoms with Gasteiger partial charge in [0.05, 0.1) is 6.10 Å². The number of nitriles is 2. The molecule has 0 aliphatic carbocycles. The van der Waals surface area contributed by atoms with E-state index in [0.717, 1.165) is 12.8 Å². The first-order chi connectivity index (χ1) is 20.6. The van der Waals surface area contributed by atoms with Crippen LogP contribution in [0.3, 0.4) is 0 Å². The zero-order valence-corrected chi connectivity index (χ0v) is 25.2. The monoisotopic (exact) mass is 588 g/mol. The minimum Gasteiger partial charge on any atom is -0.508 e. The van der Waals surface area contributed by atoms with Crippen LogP contribution in [0.2, 0.25) is 0 Å². The van der Waals surface area contributed by atoms with E-state index in [1.54, 1.807) is 36.4 Å². The Hall–Kier alpha value is -4.60. The quantitative estimate of drug-likeness (QED) is 0.137. The Kier molecular flexibility index (Phi) is 14.0. The molecule has 2 aromatic rings. The highest BCUT2D eigenvalue weighted by Gasteiger charge is 2.32. The third-order valence-electron chi connectivity index (χ3n) is 7.10. The molecule has 0 saturated carbocycles. The third-order valence-corrected chi connectivity index (χ3v) is 7.10. The van der Waals surface area contributed by atoms with Crippen molar-refractivity contribution in [2.45, 2.75) is 59.5 Å². The summed E-state index contributed by atoms with van der Waals surface area (Å²) < 4.78 is 16.7. The number of phenolic OH excluding ortho intramolecular Hbond substituents is 1. The molecule has 0 fully saturated rings. The van der Waals surface area contributed by atoms with Crippen molar-refractivity contribution in [3.05, 3.63) is 70.8 Å². The van der Waals surface area contributed by atoms with Crippen LogP contribution in [0, 0.1) is 34.0 Å². The van der Waals surface area contributed by atoms with Gasteiger partial charge in [-0.1, -0.05) is 64.8 Å². The number of nitrogens with zero attached hydrogens (tertiary/aromatic N) is 2. The van der Waals surface area contributed by atoms with Gasteiger partial charge in [0.2, 0.25) is 0 Å². The second-order valence-electron chi connectivity index (χ2n) is 10.7. The second-order valence-corrected chi connectivity index (χ2v) is 10.7. The SMILES string of the molecule is CCCCC(CC)(COC(=O)/C(C#N)=C/c1ccc(O)cc1)COC(=O)/C(C#N)=C/c1ccc(OCC(O)C(C)C)cc1. The number of esters is 2. The van der Waals surface area contributed by atoms with Crippen LogP contribution >= 0.6 is 0 Å². The van der Waals surface area contributed by atoms with Crippen molar-refractivity contribution in [3.8, 4) is 23.6 Å². The number of carbonyl (C=O) groups excluding carboxylic acids is 2. The molecule has 2 aromatic carbocycles. The lowest BCUT2D eigenvalue weighted by molar-refractivity contribution is -0.149. The average molecular weight is 589 g/mol. The van der Waals surface area contributed by atoms with Crippen LogP contribution < -0.4 is 4.74 Å². The van der Waals surface area contributed by atoms with Gasteiger partial charge < -0.3 is 24.4 Å². The summed E-state index contributed by atoms with van der Waals surface area (Å²) in [6, 6.07) is 16.5. The minimum absolute atomic E-state index is 0.0624. The van der Waals surface area contributed by atoms with Crippen LogP contribution in [0.25, 0.3) is 12.2 Å². The van der Waals surface area contributed by atoms with E-state index >= 15 is 0 Å². The molecule has 0 aliphatic rings. The molecule has 0 aliphatic heterocycles. The number of aromatic hydroxyl groups is 1. The first-order valence-electron chi connectivity index (χ1n) is 14.3. The zero-order valence-electron chi connectivity index (χ0n) is 25.2. The molecular formula is C34H40N2O7. The normalized spacial score (nSPS) is 13.8. The van der Waals surface area contributed by atoms with Crippen LogP contribution in [-0.2, 0) is 19.1 Å². The molecular weight excluding hydrogens is 548 g/mol. The van der Waals surface area contributed by atoms with Gasteiger partial charge in [-0.25, -0.2) is 9.59 Å². The van der Waals surface area contributed by atoms with E-state index in [4.69, 9.17) is 14.2 Å². The maximum Gasteiger partial charge on any atom is 0.348 e. The van der Waals surface area contributed by atoms with E-state index < -0.39 is 23.5 Å². The predicted molar refractivity (Wildman–Crippen MR) is 162 cm³/mol. The van der Waals surface area contributed by atoms with E-state index in [0.29, 0.717) is 29.7 Å². The number of hydrogen-bond acceptors (Lipinski definition) is 9. The molecule has 0 radical (unpaired) electrons. The Morgan fingerprint density at radius 1 is 0.884 bits per heavy atom. The summed E-state index contributed by atoms with van der Waals surface area (Å²) in [5.41, 5.74) is 0.0446. The lowest BCUT2D eigenvalue weighted by Crippen LogP contribution is -2.34. The molecule has 2 N–H and O–H groups in total. The minimum atomic E-state index is -0.806. The fourth-order valence-corrected chi connectivity index (χ4v) is 3.92. The highest BCUT2D eigenvalue weighted by molar-refractivity contribution is 5.98. The van der Waals surface area contributed by atoms with Crippen LogP contribution in [0.5, 0.6) is 11.5 Å². The summed E-state index contributed by atoms with van der Waals surface area (Å²) in [6.07, 6.45) is 4.99. The first-order valence-corrected chi connectivity index (χ1v) is 14.3. The van der Waals surface area contributed by atoms with Crippen molar-refractivity contribution >= 4 is 24.1 Å². The maximum absolute atomic E-state index is 12.9. The second kappa shape index (κ2) is 17.4. The van der Waals surface area contributed by atoms with Gasteiger partial charge in [-0.05, 0) is 66.3 Å². The number of phenols is 1. The average Bonchev–Trinajstić information content (AvgIpc) is 3.02. The highest BCUT2D eigenvalue weighted by Crippen LogP contribution is 2.31. The summed E-state index contributed by atoms with van der Waals surface area (Å²) in [5, 5.41) is 38.5. The highest BCUT2D eigenvalue weighted by atomic mass is 16.5. The lowest BCUT2D eigenvalue weighted by atomic mass is 9.81. The van der Waals surface area contributed by atoms with Gasteiger partial charge in [0.15, 0.2) is 0 Å². The number of carbonyl (C=O) groups is 2. The Bertz CT molecular complexity index is 1350. The Labute approximate surface area is 253 Å². The molecule has 2 unspecified atom stereocenters. The molecule has 0 spiro atoms. The van der Waals surface area contributed by atoms with Gasteiger partial charge in [-0.2, -0.15) is 10.5 Å². The Morgan fingerprint density at radius 2 is 1.37 bits per heavy atom. The molecule has 228 valence electrons. The van der Waals surface area contributed by atoms with Gasteiger partial charge in [-0.3, -0.25) is 0 Å². The fourth-order valence-electron chi connectivity index (χ4n) is 3.92. The molecule has 0 saturated heterocycles. The number of aliphatic hydroxyl groups excluding tert-OH is 1. The summed E-state index contributed by atoms with van der Waals surface area (Å²) in [6.45, 7) is 7.71. The smallest absolute Gasteiger partial charge is 0.348 e. The number of ether oxygens (including phenoxy) is 3. The number of benzene rings is 2. The molecule has 43 heavy (non-hydrogen) atoms. The van der Waals surface area contributed by atoms with Gasteiger partial charge in [0.25, 0.3) is 0 Å². The Morgan fingerprint density at radius 3 is 1.79 bits per heavy atom. The van der Waals surface area contributed by atoms with E-state index in [9.17, 15) is 30.3 Å². The van der Waals surface area contributed by atoms with Gasteiger partial charge in [0.1, 0.15) is 54.6 Å².